The minimum atomic E-state index is -0.0964. The van der Waals surface area contributed by atoms with E-state index < -0.39 is 0 Å². The molecule has 0 heterocycles. The van der Waals surface area contributed by atoms with Crippen molar-refractivity contribution >= 4 is 11.6 Å². The number of anilines is 1. The molecule has 3 nitrogen and oxygen atoms in total. The van der Waals surface area contributed by atoms with E-state index in [9.17, 15) is 4.79 Å². The van der Waals surface area contributed by atoms with Crippen molar-refractivity contribution in [1.29, 1.82) is 5.26 Å². The number of nitrogens with one attached hydrogen (secondary N) is 1. The van der Waals surface area contributed by atoms with Gasteiger partial charge < -0.3 is 5.32 Å². The Labute approximate surface area is 83.4 Å². The summed E-state index contributed by atoms with van der Waals surface area (Å²) >= 11 is 0. The molecule has 1 rings (SSSR count). The number of benzene rings is 1. The summed E-state index contributed by atoms with van der Waals surface area (Å²) in [6.07, 6.45) is 0. The summed E-state index contributed by atoms with van der Waals surface area (Å²) in [6, 6.07) is 5.60. The largest absolute Gasteiger partial charge is 0.326 e. The van der Waals surface area contributed by atoms with Crippen LogP contribution in [-0.4, -0.2) is 5.91 Å². The second-order valence-corrected chi connectivity index (χ2v) is 3.28. The van der Waals surface area contributed by atoms with Crippen molar-refractivity contribution in [2.75, 3.05) is 5.32 Å². The van der Waals surface area contributed by atoms with E-state index in [2.05, 4.69) is 11.4 Å². The Hall–Kier alpha value is -1.82. The number of aryl methyl sites for hydroxylation is 2. The Morgan fingerprint density at radius 2 is 1.86 bits per heavy atom. The van der Waals surface area contributed by atoms with Crippen LogP contribution in [0.2, 0.25) is 0 Å². The molecule has 0 aliphatic carbocycles. The van der Waals surface area contributed by atoms with Gasteiger partial charge in [-0.05, 0) is 37.1 Å². The number of hydrogen-bond acceptors (Lipinski definition) is 2. The van der Waals surface area contributed by atoms with Crippen molar-refractivity contribution in [2.24, 2.45) is 0 Å². The fraction of sp³-hybridized carbons (Fsp3) is 0.273. The molecule has 0 fully saturated rings. The number of nitrogens with zero attached hydrogens (tertiary/aromatic N) is 1. The topological polar surface area (TPSA) is 52.9 Å². The first kappa shape index (κ1) is 10.3. The molecule has 0 saturated heterocycles. The van der Waals surface area contributed by atoms with Gasteiger partial charge in [-0.15, -0.1) is 0 Å². The summed E-state index contributed by atoms with van der Waals surface area (Å²) < 4.78 is 0. The maximum absolute atomic E-state index is 10.9. The van der Waals surface area contributed by atoms with Gasteiger partial charge in [0, 0.05) is 12.6 Å². The highest BCUT2D eigenvalue weighted by atomic mass is 16.1. The molecule has 0 radical (unpaired) electrons. The van der Waals surface area contributed by atoms with Gasteiger partial charge in [-0.25, -0.2) is 0 Å². The zero-order chi connectivity index (χ0) is 10.7. The Bertz CT molecular complexity index is 393. The molecule has 72 valence electrons. The van der Waals surface area contributed by atoms with Gasteiger partial charge >= 0.3 is 0 Å². The van der Waals surface area contributed by atoms with Gasteiger partial charge in [-0.1, -0.05) is 0 Å². The van der Waals surface area contributed by atoms with Crippen LogP contribution in [0.3, 0.4) is 0 Å². The highest BCUT2D eigenvalue weighted by molar-refractivity contribution is 5.90. The summed E-state index contributed by atoms with van der Waals surface area (Å²) in [5.74, 6) is -0.0964. The third kappa shape index (κ3) is 2.11. The van der Waals surface area contributed by atoms with E-state index in [-0.39, 0.29) is 5.91 Å². The van der Waals surface area contributed by atoms with Crippen molar-refractivity contribution in [2.45, 2.75) is 20.8 Å². The first-order valence-electron chi connectivity index (χ1n) is 4.33. The van der Waals surface area contributed by atoms with Gasteiger partial charge in [-0.2, -0.15) is 5.26 Å². The minimum absolute atomic E-state index is 0.0964. The SMILES string of the molecule is CC(=O)Nc1c(C)cc(C#N)cc1C. The average molecular weight is 188 g/mol. The normalized spacial score (nSPS) is 9.29. The molecule has 0 bridgehead atoms. The minimum Gasteiger partial charge on any atom is -0.326 e. The molecule has 14 heavy (non-hydrogen) atoms. The van der Waals surface area contributed by atoms with Crippen LogP contribution in [-0.2, 0) is 4.79 Å². The van der Waals surface area contributed by atoms with Gasteiger partial charge in [0.2, 0.25) is 5.91 Å². The number of hydrogen-bond donors (Lipinski definition) is 1. The summed E-state index contributed by atoms with van der Waals surface area (Å²) in [7, 11) is 0. The van der Waals surface area contributed by atoms with Crippen molar-refractivity contribution < 1.29 is 4.79 Å². The predicted molar refractivity (Wildman–Crippen MR) is 54.9 cm³/mol. The van der Waals surface area contributed by atoms with Crippen LogP contribution in [0, 0.1) is 25.2 Å². The molecule has 1 aromatic rings. The third-order valence-corrected chi connectivity index (χ3v) is 1.96. The van der Waals surface area contributed by atoms with Crippen molar-refractivity contribution in [1.82, 2.24) is 0 Å². The summed E-state index contributed by atoms with van der Waals surface area (Å²) in [6.45, 7) is 5.22. The van der Waals surface area contributed by atoms with Gasteiger partial charge in [0.1, 0.15) is 0 Å². The molecule has 0 saturated carbocycles. The van der Waals surface area contributed by atoms with Crippen LogP contribution < -0.4 is 5.32 Å². The monoisotopic (exact) mass is 188 g/mol. The van der Waals surface area contributed by atoms with E-state index in [4.69, 9.17) is 5.26 Å². The Morgan fingerprint density at radius 1 is 1.36 bits per heavy atom. The Balaban J connectivity index is 3.19. The number of amides is 1. The summed E-state index contributed by atoms with van der Waals surface area (Å²) in [4.78, 5) is 10.9. The van der Waals surface area contributed by atoms with Gasteiger partial charge in [-0.3, -0.25) is 4.79 Å². The number of nitriles is 1. The van der Waals surface area contributed by atoms with E-state index in [1.165, 1.54) is 6.92 Å². The predicted octanol–water partition coefficient (Wildman–Crippen LogP) is 2.13. The summed E-state index contributed by atoms with van der Waals surface area (Å²) in [5, 5.41) is 11.5. The van der Waals surface area contributed by atoms with Crippen LogP contribution in [0.4, 0.5) is 5.69 Å². The van der Waals surface area contributed by atoms with Crippen LogP contribution >= 0.6 is 0 Å². The molecule has 0 aliphatic heterocycles. The molecule has 3 heteroatoms. The lowest BCUT2D eigenvalue weighted by molar-refractivity contribution is -0.114. The quantitative estimate of drug-likeness (QED) is 0.734. The van der Waals surface area contributed by atoms with Crippen molar-refractivity contribution in [3.8, 4) is 6.07 Å². The lowest BCUT2D eigenvalue weighted by atomic mass is 10.0. The lowest BCUT2D eigenvalue weighted by Crippen LogP contribution is -2.08. The molecule has 1 amide bonds. The maximum atomic E-state index is 10.9. The summed E-state index contributed by atoms with van der Waals surface area (Å²) in [5.41, 5.74) is 3.25. The van der Waals surface area contributed by atoms with Gasteiger partial charge in [0.25, 0.3) is 0 Å². The van der Waals surface area contributed by atoms with Crippen LogP contribution in [0.15, 0.2) is 12.1 Å². The maximum Gasteiger partial charge on any atom is 0.221 e. The molecule has 1 aromatic carbocycles. The highest BCUT2D eigenvalue weighted by Gasteiger charge is 2.05. The lowest BCUT2D eigenvalue weighted by Gasteiger charge is -2.10. The van der Waals surface area contributed by atoms with E-state index in [0.717, 1.165) is 16.8 Å². The van der Waals surface area contributed by atoms with Gasteiger partial charge in [0.05, 0.1) is 11.6 Å². The first-order valence-corrected chi connectivity index (χ1v) is 4.33. The second kappa shape index (κ2) is 3.93. The van der Waals surface area contributed by atoms with Crippen molar-refractivity contribution in [3.05, 3.63) is 28.8 Å². The fourth-order valence-corrected chi connectivity index (χ4v) is 1.40. The Morgan fingerprint density at radius 3 is 2.21 bits per heavy atom. The molecule has 0 atom stereocenters. The van der Waals surface area contributed by atoms with Crippen LogP contribution in [0.25, 0.3) is 0 Å². The molecule has 0 spiro atoms. The zero-order valence-electron chi connectivity index (χ0n) is 8.51. The first-order chi connectivity index (χ1) is 6.54. The van der Waals surface area contributed by atoms with Crippen molar-refractivity contribution in [3.63, 3.8) is 0 Å². The number of carbonyl (C=O) groups is 1. The smallest absolute Gasteiger partial charge is 0.221 e. The molecule has 0 aliphatic rings. The standard InChI is InChI=1S/C11H12N2O/c1-7-4-10(6-12)5-8(2)11(7)13-9(3)14/h4-5H,1-3H3,(H,13,14). The van der Waals surface area contributed by atoms with Gasteiger partial charge in [0.15, 0.2) is 0 Å². The fourth-order valence-electron chi connectivity index (χ4n) is 1.40. The average Bonchev–Trinajstić information content (AvgIpc) is 2.10. The molecule has 0 unspecified atom stereocenters. The second-order valence-electron chi connectivity index (χ2n) is 3.28. The van der Waals surface area contributed by atoms with E-state index >= 15 is 0 Å². The van der Waals surface area contributed by atoms with Crippen LogP contribution in [0.5, 0.6) is 0 Å². The van der Waals surface area contributed by atoms with Crippen LogP contribution in [0.1, 0.15) is 23.6 Å². The molecular weight excluding hydrogens is 176 g/mol. The zero-order valence-corrected chi connectivity index (χ0v) is 8.51. The molecular formula is C11H12N2O. The third-order valence-electron chi connectivity index (χ3n) is 1.96. The number of rotatable bonds is 1. The Kier molecular flexibility index (Phi) is 2.88. The molecule has 0 aromatic heterocycles. The van der Waals surface area contributed by atoms with E-state index in [1.54, 1.807) is 12.1 Å². The molecule has 1 N–H and O–H groups in total. The highest BCUT2D eigenvalue weighted by Crippen LogP contribution is 2.21. The van der Waals surface area contributed by atoms with E-state index in [1.807, 2.05) is 13.8 Å². The number of carbonyl (C=O) groups excluding carboxylic acids is 1. The van der Waals surface area contributed by atoms with E-state index in [0.29, 0.717) is 5.56 Å².